The second-order valence-corrected chi connectivity index (χ2v) is 3.29. The largest absolute Gasteiger partial charge is 0.354 e. The summed E-state index contributed by atoms with van der Waals surface area (Å²) < 4.78 is 4.98. The Morgan fingerprint density at radius 3 is 3.07 bits per heavy atom. The molecule has 0 saturated carbocycles. The predicted octanol–water partition coefficient (Wildman–Crippen LogP) is 2.44. The van der Waals surface area contributed by atoms with Gasteiger partial charge in [0.15, 0.2) is 11.4 Å². The van der Waals surface area contributed by atoms with Crippen LogP contribution < -0.4 is 5.32 Å². The molecule has 2 aromatic rings. The number of nitrogens with zero attached hydrogens (tertiary/aromatic N) is 1. The van der Waals surface area contributed by atoms with Gasteiger partial charge in [0.05, 0.1) is 5.39 Å². The molecule has 0 radical (unpaired) electrons. The third-order valence-corrected chi connectivity index (χ3v) is 1.96. The summed E-state index contributed by atoms with van der Waals surface area (Å²) in [6, 6.07) is 5.11. The monoisotopic (exact) mass is 210 g/mol. The van der Waals surface area contributed by atoms with E-state index in [1.54, 1.807) is 18.2 Å². The Morgan fingerprint density at radius 1 is 1.57 bits per heavy atom. The first-order valence-corrected chi connectivity index (χ1v) is 4.37. The van der Waals surface area contributed by atoms with E-state index in [1.165, 1.54) is 6.92 Å². The maximum absolute atomic E-state index is 10.8. The minimum Gasteiger partial charge on any atom is -0.354 e. The second-order valence-electron chi connectivity index (χ2n) is 2.85. The van der Waals surface area contributed by atoms with Gasteiger partial charge < -0.3 is 9.84 Å². The highest BCUT2D eigenvalue weighted by Gasteiger charge is 2.08. The molecule has 1 aromatic heterocycles. The van der Waals surface area contributed by atoms with Crippen LogP contribution in [0.25, 0.3) is 11.0 Å². The zero-order valence-electron chi connectivity index (χ0n) is 7.37. The highest BCUT2D eigenvalue weighted by molar-refractivity contribution is 6.31. The van der Waals surface area contributed by atoms with E-state index in [0.717, 1.165) is 5.39 Å². The van der Waals surface area contributed by atoms with Crippen LogP contribution in [-0.4, -0.2) is 11.1 Å². The number of nitrogens with one attached hydrogen (secondary N) is 1. The Hall–Kier alpha value is -1.55. The first-order valence-electron chi connectivity index (χ1n) is 3.99. The van der Waals surface area contributed by atoms with Gasteiger partial charge in [0.25, 0.3) is 0 Å². The molecule has 0 aliphatic heterocycles. The van der Waals surface area contributed by atoms with Gasteiger partial charge in [-0.1, -0.05) is 16.8 Å². The number of benzene rings is 1. The number of hydrogen-bond acceptors (Lipinski definition) is 3. The number of rotatable bonds is 1. The molecule has 5 heteroatoms. The van der Waals surface area contributed by atoms with E-state index in [2.05, 4.69) is 10.5 Å². The van der Waals surface area contributed by atoms with Crippen molar-refractivity contribution in [3.8, 4) is 0 Å². The third-order valence-electron chi connectivity index (χ3n) is 1.73. The fraction of sp³-hybridized carbons (Fsp3) is 0.111. The molecular formula is C9H7ClN2O2. The van der Waals surface area contributed by atoms with Crippen molar-refractivity contribution in [3.63, 3.8) is 0 Å². The molecule has 0 bridgehead atoms. The van der Waals surface area contributed by atoms with Crippen LogP contribution in [0.15, 0.2) is 22.7 Å². The van der Waals surface area contributed by atoms with Crippen molar-refractivity contribution in [2.45, 2.75) is 6.92 Å². The summed E-state index contributed by atoms with van der Waals surface area (Å²) in [5, 5.41) is 7.58. The van der Waals surface area contributed by atoms with Crippen molar-refractivity contribution in [2.75, 3.05) is 5.32 Å². The minimum atomic E-state index is -0.185. The van der Waals surface area contributed by atoms with Gasteiger partial charge in [0.2, 0.25) is 5.91 Å². The van der Waals surface area contributed by atoms with Gasteiger partial charge in [0, 0.05) is 18.0 Å². The summed E-state index contributed by atoms with van der Waals surface area (Å²) in [5.41, 5.74) is 0.557. The summed E-state index contributed by atoms with van der Waals surface area (Å²) in [7, 11) is 0. The average molecular weight is 211 g/mol. The highest BCUT2D eigenvalue weighted by Crippen LogP contribution is 2.25. The number of anilines is 1. The molecule has 1 aromatic carbocycles. The number of hydrogen-bond donors (Lipinski definition) is 1. The number of carbonyl (C=O) groups is 1. The summed E-state index contributed by atoms with van der Waals surface area (Å²) in [5.74, 6) is 0.235. The molecule has 0 fully saturated rings. The topological polar surface area (TPSA) is 55.1 Å². The zero-order chi connectivity index (χ0) is 10.1. The minimum absolute atomic E-state index is 0.185. The predicted molar refractivity (Wildman–Crippen MR) is 53.3 cm³/mol. The highest BCUT2D eigenvalue weighted by atomic mass is 35.5. The lowest BCUT2D eigenvalue weighted by Crippen LogP contribution is -2.05. The third kappa shape index (κ3) is 1.56. The quantitative estimate of drug-likeness (QED) is 0.787. The van der Waals surface area contributed by atoms with Crippen LogP contribution in [0.2, 0.25) is 5.02 Å². The molecule has 0 aliphatic carbocycles. The van der Waals surface area contributed by atoms with Crippen molar-refractivity contribution >= 4 is 34.3 Å². The molecular weight excluding hydrogens is 204 g/mol. The van der Waals surface area contributed by atoms with E-state index >= 15 is 0 Å². The Labute approximate surface area is 84.8 Å². The Morgan fingerprint density at radius 2 is 2.36 bits per heavy atom. The van der Waals surface area contributed by atoms with Gasteiger partial charge in [-0.2, -0.15) is 0 Å². The van der Waals surface area contributed by atoms with E-state index in [-0.39, 0.29) is 5.91 Å². The van der Waals surface area contributed by atoms with E-state index < -0.39 is 0 Å². The standard InChI is InChI=1S/C9H7ClN2O2/c1-5(13)11-9-7-3-2-6(10)4-8(7)14-12-9/h2-4H,1H3,(H,11,12,13). The van der Waals surface area contributed by atoms with Gasteiger partial charge >= 0.3 is 0 Å². The molecule has 2 rings (SSSR count). The number of aromatic nitrogens is 1. The number of halogens is 1. The Balaban J connectivity index is 2.52. The lowest BCUT2D eigenvalue weighted by Gasteiger charge is -1.94. The normalized spacial score (nSPS) is 10.4. The molecule has 72 valence electrons. The lowest BCUT2D eigenvalue weighted by atomic mass is 10.2. The van der Waals surface area contributed by atoms with E-state index in [4.69, 9.17) is 16.1 Å². The fourth-order valence-electron chi connectivity index (χ4n) is 1.17. The summed E-state index contributed by atoms with van der Waals surface area (Å²) in [6.07, 6.45) is 0. The molecule has 14 heavy (non-hydrogen) atoms. The van der Waals surface area contributed by atoms with Crippen molar-refractivity contribution in [2.24, 2.45) is 0 Å². The first kappa shape index (κ1) is 9.02. The van der Waals surface area contributed by atoms with Crippen LogP contribution in [0.4, 0.5) is 5.82 Å². The molecule has 0 saturated heterocycles. The van der Waals surface area contributed by atoms with Gasteiger partial charge in [-0.3, -0.25) is 4.79 Å². The fourth-order valence-corrected chi connectivity index (χ4v) is 1.33. The van der Waals surface area contributed by atoms with E-state index in [0.29, 0.717) is 16.4 Å². The molecule has 0 spiro atoms. The van der Waals surface area contributed by atoms with Crippen LogP contribution in [0.5, 0.6) is 0 Å². The number of fused-ring (bicyclic) bond motifs is 1. The zero-order valence-corrected chi connectivity index (χ0v) is 8.13. The smallest absolute Gasteiger partial charge is 0.222 e. The molecule has 1 heterocycles. The number of carbonyl (C=O) groups excluding carboxylic acids is 1. The van der Waals surface area contributed by atoms with Crippen LogP contribution in [0.1, 0.15) is 6.92 Å². The van der Waals surface area contributed by atoms with Crippen molar-refractivity contribution in [1.29, 1.82) is 0 Å². The summed E-state index contributed by atoms with van der Waals surface area (Å²) >= 11 is 5.76. The van der Waals surface area contributed by atoms with Crippen LogP contribution in [-0.2, 0) is 4.79 Å². The lowest BCUT2D eigenvalue weighted by molar-refractivity contribution is -0.114. The Kier molecular flexibility index (Phi) is 2.13. The number of amides is 1. The maximum Gasteiger partial charge on any atom is 0.222 e. The van der Waals surface area contributed by atoms with Crippen molar-refractivity contribution < 1.29 is 9.32 Å². The second kappa shape index (κ2) is 3.31. The van der Waals surface area contributed by atoms with Crippen LogP contribution in [0, 0.1) is 0 Å². The average Bonchev–Trinajstić information content (AvgIpc) is 2.47. The van der Waals surface area contributed by atoms with E-state index in [1.807, 2.05) is 0 Å². The summed E-state index contributed by atoms with van der Waals surface area (Å²) in [4.78, 5) is 10.8. The molecule has 1 amide bonds. The van der Waals surface area contributed by atoms with Gasteiger partial charge in [0.1, 0.15) is 0 Å². The van der Waals surface area contributed by atoms with Gasteiger partial charge in [-0.05, 0) is 12.1 Å². The molecule has 0 atom stereocenters. The van der Waals surface area contributed by atoms with Crippen molar-refractivity contribution in [3.05, 3.63) is 23.2 Å². The molecule has 0 unspecified atom stereocenters. The Bertz CT molecular complexity index is 493. The molecule has 0 aliphatic rings. The van der Waals surface area contributed by atoms with Gasteiger partial charge in [-0.15, -0.1) is 0 Å². The maximum atomic E-state index is 10.8. The van der Waals surface area contributed by atoms with Crippen LogP contribution in [0.3, 0.4) is 0 Å². The van der Waals surface area contributed by atoms with Gasteiger partial charge in [-0.25, -0.2) is 0 Å². The first-order chi connectivity index (χ1) is 6.66. The van der Waals surface area contributed by atoms with Crippen LogP contribution >= 0.6 is 11.6 Å². The molecule has 1 N–H and O–H groups in total. The summed E-state index contributed by atoms with van der Waals surface area (Å²) in [6.45, 7) is 1.41. The molecule has 4 nitrogen and oxygen atoms in total. The SMILES string of the molecule is CC(=O)Nc1noc2cc(Cl)ccc12. The van der Waals surface area contributed by atoms with E-state index in [9.17, 15) is 4.79 Å². The van der Waals surface area contributed by atoms with Crippen molar-refractivity contribution in [1.82, 2.24) is 5.16 Å².